The summed E-state index contributed by atoms with van der Waals surface area (Å²) in [5, 5.41) is 9.47. The van der Waals surface area contributed by atoms with Gasteiger partial charge in [0, 0.05) is 36.9 Å². The smallest absolute Gasteiger partial charge is 0.101 e. The third kappa shape index (κ3) is 2.86. The number of imidazole rings is 1. The van der Waals surface area contributed by atoms with Crippen LogP contribution in [-0.2, 0) is 0 Å². The number of anilines is 1. The highest BCUT2D eigenvalue weighted by Gasteiger charge is 2.19. The summed E-state index contributed by atoms with van der Waals surface area (Å²) in [4.78, 5) is 6.33. The van der Waals surface area contributed by atoms with E-state index in [1.165, 1.54) is 5.70 Å². The van der Waals surface area contributed by atoms with Gasteiger partial charge in [0.05, 0.1) is 16.9 Å². The standard InChI is InChI=1S/C17H17ClN4/c1-21(15-6-5-13(11-19)17(18)10-15)14-3-2-4-16(9-14)22-8-7-20-12-22/h5-10,12,14H,2-4H2,1H3. The molecule has 0 radical (unpaired) electrons. The van der Waals surface area contributed by atoms with Crippen LogP contribution in [0.4, 0.5) is 5.69 Å². The predicted octanol–water partition coefficient (Wildman–Crippen LogP) is 3.94. The number of hydrogen-bond donors (Lipinski definition) is 0. The van der Waals surface area contributed by atoms with E-state index in [1.807, 2.05) is 24.7 Å². The average Bonchev–Trinajstić information content (AvgIpc) is 3.09. The minimum atomic E-state index is 0.315. The molecule has 4 nitrogen and oxygen atoms in total. The number of rotatable bonds is 3. The van der Waals surface area contributed by atoms with E-state index in [4.69, 9.17) is 16.9 Å². The quantitative estimate of drug-likeness (QED) is 0.862. The lowest BCUT2D eigenvalue weighted by atomic mass is 9.98. The van der Waals surface area contributed by atoms with Gasteiger partial charge in [0.25, 0.3) is 0 Å². The van der Waals surface area contributed by atoms with E-state index in [0.717, 1.165) is 24.9 Å². The van der Waals surface area contributed by atoms with Crippen LogP contribution in [0.1, 0.15) is 24.8 Å². The van der Waals surface area contributed by atoms with Crippen LogP contribution in [0, 0.1) is 11.3 Å². The number of halogens is 1. The SMILES string of the molecule is CN(c1ccc(C#N)c(Cl)c1)C1C=C(n2ccnc2)CCC1. The van der Waals surface area contributed by atoms with Gasteiger partial charge in [0.1, 0.15) is 6.07 Å². The maximum Gasteiger partial charge on any atom is 0.101 e. The number of benzene rings is 1. The zero-order chi connectivity index (χ0) is 15.5. The first-order chi connectivity index (χ1) is 10.7. The molecule has 22 heavy (non-hydrogen) atoms. The van der Waals surface area contributed by atoms with Gasteiger partial charge >= 0.3 is 0 Å². The van der Waals surface area contributed by atoms with Gasteiger partial charge < -0.3 is 9.47 Å². The Bertz CT molecular complexity index is 728. The molecule has 1 aliphatic rings. The molecule has 5 heteroatoms. The van der Waals surface area contributed by atoms with E-state index >= 15 is 0 Å². The van der Waals surface area contributed by atoms with E-state index in [1.54, 1.807) is 12.3 Å². The van der Waals surface area contributed by atoms with Crippen LogP contribution in [-0.4, -0.2) is 22.6 Å². The first-order valence-corrected chi connectivity index (χ1v) is 7.68. The van der Waals surface area contributed by atoms with Crippen LogP contribution in [0.2, 0.25) is 5.02 Å². The molecule has 0 bridgehead atoms. The number of nitrogens with zero attached hydrogens (tertiary/aromatic N) is 4. The minimum absolute atomic E-state index is 0.315. The van der Waals surface area contributed by atoms with Crippen molar-refractivity contribution in [2.45, 2.75) is 25.3 Å². The number of likely N-dealkylation sites (N-methyl/N-ethyl adjacent to an activating group) is 1. The van der Waals surface area contributed by atoms with Crippen molar-refractivity contribution in [3.05, 3.63) is 53.6 Å². The van der Waals surface area contributed by atoms with Crippen molar-refractivity contribution in [2.24, 2.45) is 0 Å². The van der Waals surface area contributed by atoms with Crippen molar-refractivity contribution in [2.75, 3.05) is 11.9 Å². The summed E-state index contributed by atoms with van der Waals surface area (Å²) in [6.45, 7) is 0. The topological polar surface area (TPSA) is 44.9 Å². The summed E-state index contributed by atoms with van der Waals surface area (Å²) in [6, 6.07) is 7.99. The molecule has 1 aromatic heterocycles. The number of allylic oxidation sites excluding steroid dienone is 1. The lowest BCUT2D eigenvalue weighted by molar-refractivity contribution is 0.612. The fraction of sp³-hybridized carbons (Fsp3) is 0.294. The second-order valence-corrected chi connectivity index (χ2v) is 5.88. The summed E-state index contributed by atoms with van der Waals surface area (Å²) in [5.41, 5.74) is 2.81. The molecule has 2 aromatic rings. The fourth-order valence-electron chi connectivity index (χ4n) is 2.84. The van der Waals surface area contributed by atoms with Crippen LogP contribution >= 0.6 is 11.6 Å². The Labute approximate surface area is 135 Å². The van der Waals surface area contributed by atoms with Gasteiger partial charge in [0.2, 0.25) is 0 Å². The number of hydrogen-bond acceptors (Lipinski definition) is 3. The van der Waals surface area contributed by atoms with Crippen molar-refractivity contribution >= 4 is 23.0 Å². The van der Waals surface area contributed by atoms with Crippen LogP contribution in [0.15, 0.2) is 43.0 Å². The first-order valence-electron chi connectivity index (χ1n) is 7.30. The van der Waals surface area contributed by atoms with Crippen molar-refractivity contribution in [3.63, 3.8) is 0 Å². The van der Waals surface area contributed by atoms with Crippen LogP contribution in [0.3, 0.4) is 0 Å². The van der Waals surface area contributed by atoms with Gasteiger partial charge in [-0.1, -0.05) is 11.6 Å². The second-order valence-electron chi connectivity index (χ2n) is 5.47. The highest BCUT2D eigenvalue weighted by molar-refractivity contribution is 6.32. The minimum Gasteiger partial charge on any atom is -0.368 e. The molecule has 0 amide bonds. The highest BCUT2D eigenvalue weighted by Crippen LogP contribution is 2.29. The van der Waals surface area contributed by atoms with E-state index in [-0.39, 0.29) is 0 Å². The largest absolute Gasteiger partial charge is 0.368 e. The summed E-state index contributed by atoms with van der Waals surface area (Å²) in [5.74, 6) is 0. The van der Waals surface area contributed by atoms with Gasteiger partial charge in [-0.05, 0) is 43.5 Å². The monoisotopic (exact) mass is 312 g/mol. The van der Waals surface area contributed by atoms with Crippen molar-refractivity contribution < 1.29 is 0 Å². The maximum atomic E-state index is 8.97. The molecule has 0 aliphatic heterocycles. The van der Waals surface area contributed by atoms with Crippen molar-refractivity contribution in [1.29, 1.82) is 5.26 Å². The van der Waals surface area contributed by atoms with Gasteiger partial charge in [0.15, 0.2) is 0 Å². The summed E-state index contributed by atoms with van der Waals surface area (Å²) < 4.78 is 2.08. The van der Waals surface area contributed by atoms with Crippen LogP contribution < -0.4 is 4.90 Å². The normalized spacial score (nSPS) is 17.7. The Morgan fingerprint density at radius 3 is 3.00 bits per heavy atom. The summed E-state index contributed by atoms with van der Waals surface area (Å²) >= 11 is 6.15. The molecular formula is C17H17ClN4. The van der Waals surface area contributed by atoms with E-state index < -0.39 is 0 Å². The highest BCUT2D eigenvalue weighted by atomic mass is 35.5. The summed E-state index contributed by atoms with van der Waals surface area (Å²) in [7, 11) is 2.07. The molecule has 1 atom stereocenters. The molecule has 0 spiro atoms. The first kappa shape index (κ1) is 14.7. The Kier molecular flexibility index (Phi) is 4.17. The number of nitriles is 1. The molecule has 1 heterocycles. The van der Waals surface area contributed by atoms with Gasteiger partial charge in [-0.25, -0.2) is 4.98 Å². The molecule has 3 rings (SSSR count). The maximum absolute atomic E-state index is 8.97. The second kappa shape index (κ2) is 6.25. The zero-order valence-electron chi connectivity index (χ0n) is 12.4. The molecular weight excluding hydrogens is 296 g/mol. The zero-order valence-corrected chi connectivity index (χ0v) is 13.2. The molecule has 0 saturated carbocycles. The lowest BCUT2D eigenvalue weighted by Crippen LogP contribution is -2.32. The Balaban J connectivity index is 1.85. The average molecular weight is 313 g/mol. The molecule has 1 unspecified atom stereocenters. The Morgan fingerprint density at radius 2 is 2.32 bits per heavy atom. The van der Waals surface area contributed by atoms with Crippen LogP contribution in [0.5, 0.6) is 0 Å². The van der Waals surface area contributed by atoms with E-state index in [0.29, 0.717) is 16.6 Å². The van der Waals surface area contributed by atoms with Crippen LogP contribution in [0.25, 0.3) is 5.70 Å². The molecule has 0 fully saturated rings. The summed E-state index contributed by atoms with van der Waals surface area (Å²) in [6.07, 6.45) is 11.2. The molecule has 1 aromatic carbocycles. The van der Waals surface area contributed by atoms with Gasteiger partial charge in [-0.15, -0.1) is 0 Å². The molecule has 0 N–H and O–H groups in total. The van der Waals surface area contributed by atoms with E-state index in [9.17, 15) is 0 Å². The third-order valence-electron chi connectivity index (χ3n) is 4.13. The lowest BCUT2D eigenvalue weighted by Gasteiger charge is -2.31. The third-order valence-corrected chi connectivity index (χ3v) is 4.44. The van der Waals surface area contributed by atoms with Gasteiger partial charge in [-0.3, -0.25) is 0 Å². The number of aromatic nitrogens is 2. The Morgan fingerprint density at radius 1 is 1.45 bits per heavy atom. The predicted molar refractivity (Wildman–Crippen MR) is 88.7 cm³/mol. The Hall–Kier alpha value is -2.25. The van der Waals surface area contributed by atoms with E-state index in [2.05, 4.69) is 33.6 Å². The van der Waals surface area contributed by atoms with Crippen molar-refractivity contribution in [3.8, 4) is 6.07 Å². The molecule has 0 saturated heterocycles. The van der Waals surface area contributed by atoms with Crippen molar-refractivity contribution in [1.82, 2.24) is 9.55 Å². The molecule has 112 valence electrons. The fourth-order valence-corrected chi connectivity index (χ4v) is 3.05. The van der Waals surface area contributed by atoms with Gasteiger partial charge in [-0.2, -0.15) is 5.26 Å². The molecule has 1 aliphatic carbocycles.